The first-order valence-corrected chi connectivity index (χ1v) is 9.45. The Labute approximate surface area is 159 Å². The highest BCUT2D eigenvalue weighted by molar-refractivity contribution is 5.97. The van der Waals surface area contributed by atoms with Gasteiger partial charge >= 0.3 is 6.09 Å². The molecule has 148 valence electrons. The lowest BCUT2D eigenvalue weighted by Crippen LogP contribution is -2.39. The van der Waals surface area contributed by atoms with E-state index in [1.165, 1.54) is 0 Å². The molecule has 0 bridgehead atoms. The lowest BCUT2D eigenvalue weighted by Gasteiger charge is -2.26. The van der Waals surface area contributed by atoms with Crippen molar-refractivity contribution in [2.75, 3.05) is 26.2 Å². The monoisotopic (exact) mass is 375 g/mol. The van der Waals surface area contributed by atoms with E-state index >= 15 is 0 Å². The fourth-order valence-electron chi connectivity index (χ4n) is 4.08. The molecule has 0 spiro atoms. The summed E-state index contributed by atoms with van der Waals surface area (Å²) in [6.07, 6.45) is -0.280. The fourth-order valence-corrected chi connectivity index (χ4v) is 4.08. The van der Waals surface area contributed by atoms with Gasteiger partial charge in [-0.15, -0.1) is 0 Å². The molecule has 0 aromatic carbocycles. The molecule has 7 nitrogen and oxygen atoms in total. The zero-order valence-electron chi connectivity index (χ0n) is 17.0. The van der Waals surface area contributed by atoms with Gasteiger partial charge in [0.05, 0.1) is 5.56 Å². The van der Waals surface area contributed by atoms with Crippen LogP contribution < -0.4 is 5.56 Å². The van der Waals surface area contributed by atoms with Crippen molar-refractivity contribution in [2.45, 2.75) is 47.1 Å². The van der Waals surface area contributed by atoms with Crippen LogP contribution in [0.15, 0.2) is 4.79 Å². The average Bonchev–Trinajstić information content (AvgIpc) is 3.09. The summed E-state index contributed by atoms with van der Waals surface area (Å²) in [4.78, 5) is 43.6. The van der Waals surface area contributed by atoms with Crippen LogP contribution in [0.1, 0.15) is 48.0 Å². The maximum atomic E-state index is 13.1. The molecule has 0 saturated carbocycles. The molecule has 2 unspecified atom stereocenters. The summed E-state index contributed by atoms with van der Waals surface area (Å²) >= 11 is 0. The van der Waals surface area contributed by atoms with Gasteiger partial charge in [0.15, 0.2) is 0 Å². The number of aryl methyl sites for hydroxylation is 1. The van der Waals surface area contributed by atoms with Gasteiger partial charge in [0, 0.05) is 49.3 Å². The van der Waals surface area contributed by atoms with Crippen molar-refractivity contribution in [2.24, 2.45) is 11.8 Å². The first-order valence-electron chi connectivity index (χ1n) is 9.45. The molecule has 2 aliphatic rings. The van der Waals surface area contributed by atoms with Gasteiger partial charge in [-0.25, -0.2) is 4.79 Å². The quantitative estimate of drug-likeness (QED) is 0.816. The minimum absolute atomic E-state index is 0.0393. The number of fused-ring (bicyclic) bond motifs is 1. The number of amides is 2. The second-order valence-corrected chi connectivity index (χ2v) is 8.82. The molecule has 1 aromatic rings. The Balaban J connectivity index is 1.69. The van der Waals surface area contributed by atoms with Crippen molar-refractivity contribution < 1.29 is 14.3 Å². The number of H-pyrrole nitrogens is 1. The van der Waals surface area contributed by atoms with E-state index in [9.17, 15) is 14.4 Å². The average molecular weight is 375 g/mol. The van der Waals surface area contributed by atoms with Gasteiger partial charge in [-0.05, 0) is 47.1 Å². The maximum Gasteiger partial charge on any atom is 0.410 e. The van der Waals surface area contributed by atoms with Crippen LogP contribution in [0, 0.1) is 32.6 Å². The number of rotatable bonds is 1. The molecule has 27 heavy (non-hydrogen) atoms. The molecule has 2 aliphatic heterocycles. The van der Waals surface area contributed by atoms with Gasteiger partial charge < -0.3 is 19.5 Å². The molecule has 1 N–H and O–H groups in total. The number of hydrogen-bond donors (Lipinski definition) is 1. The SMILES string of the molecule is Cc1[nH]c(=O)c(C)c(C)c1C(=O)N1CC2CN(C(=O)OC(C)(C)C)CC2C1. The van der Waals surface area contributed by atoms with Crippen LogP contribution in [0.2, 0.25) is 0 Å². The molecule has 3 heterocycles. The normalized spacial score (nSPS) is 22.1. The number of likely N-dealkylation sites (tertiary alicyclic amines) is 2. The Morgan fingerprint density at radius 2 is 1.48 bits per heavy atom. The predicted octanol–water partition coefficient (Wildman–Crippen LogP) is 2.24. The molecule has 0 radical (unpaired) electrons. The Bertz CT molecular complexity index is 823. The zero-order chi connectivity index (χ0) is 20.1. The second kappa shape index (κ2) is 6.69. The molecular formula is C20H29N3O4. The predicted molar refractivity (Wildman–Crippen MR) is 102 cm³/mol. The molecule has 0 aliphatic carbocycles. The summed E-state index contributed by atoms with van der Waals surface area (Å²) < 4.78 is 5.46. The van der Waals surface area contributed by atoms with Crippen LogP contribution in [-0.2, 0) is 4.74 Å². The zero-order valence-corrected chi connectivity index (χ0v) is 17.0. The van der Waals surface area contributed by atoms with E-state index in [-0.39, 0.29) is 29.4 Å². The topological polar surface area (TPSA) is 82.7 Å². The summed E-state index contributed by atoms with van der Waals surface area (Å²) in [7, 11) is 0. The Morgan fingerprint density at radius 3 is 2.00 bits per heavy atom. The van der Waals surface area contributed by atoms with Crippen molar-refractivity contribution >= 4 is 12.0 Å². The summed E-state index contributed by atoms with van der Waals surface area (Å²) in [6, 6.07) is 0. The molecule has 3 rings (SSSR count). The maximum absolute atomic E-state index is 13.1. The lowest BCUT2D eigenvalue weighted by atomic mass is 10.0. The molecule has 7 heteroatoms. The summed E-state index contributed by atoms with van der Waals surface area (Å²) in [5.74, 6) is 0.499. The van der Waals surface area contributed by atoms with E-state index in [2.05, 4.69) is 4.98 Å². The molecular weight excluding hydrogens is 346 g/mol. The highest BCUT2D eigenvalue weighted by Crippen LogP contribution is 2.33. The van der Waals surface area contributed by atoms with E-state index in [1.54, 1.807) is 18.7 Å². The van der Waals surface area contributed by atoms with Crippen molar-refractivity contribution in [1.29, 1.82) is 0 Å². The standard InChI is InChI=1S/C20H29N3O4/c1-11-12(2)17(24)21-13(3)16(11)18(25)22-7-14-9-23(10-15(14)8-22)19(26)27-20(4,5)6/h14-15H,7-10H2,1-6H3,(H,21,24). The number of aromatic nitrogens is 1. The third-order valence-electron chi connectivity index (χ3n) is 5.59. The first kappa shape index (κ1) is 19.5. The van der Waals surface area contributed by atoms with E-state index in [0.717, 1.165) is 5.56 Å². The van der Waals surface area contributed by atoms with E-state index in [1.807, 2.05) is 32.6 Å². The Hall–Kier alpha value is -2.31. The summed E-state index contributed by atoms with van der Waals surface area (Å²) in [6.45, 7) is 13.4. The van der Waals surface area contributed by atoms with E-state index in [4.69, 9.17) is 4.74 Å². The molecule has 2 atom stereocenters. The molecule has 2 saturated heterocycles. The lowest BCUT2D eigenvalue weighted by molar-refractivity contribution is 0.0275. The van der Waals surface area contributed by atoms with Gasteiger partial charge in [0.1, 0.15) is 5.60 Å². The number of ether oxygens (including phenoxy) is 1. The van der Waals surface area contributed by atoms with E-state index < -0.39 is 5.60 Å². The third-order valence-corrected chi connectivity index (χ3v) is 5.59. The number of aromatic amines is 1. The van der Waals surface area contributed by atoms with Crippen LogP contribution >= 0.6 is 0 Å². The summed E-state index contributed by atoms with van der Waals surface area (Å²) in [5, 5.41) is 0. The van der Waals surface area contributed by atoms with Gasteiger partial charge in [-0.3, -0.25) is 9.59 Å². The van der Waals surface area contributed by atoms with Crippen molar-refractivity contribution in [1.82, 2.24) is 14.8 Å². The molecule has 1 aromatic heterocycles. The summed E-state index contributed by atoms with van der Waals surface area (Å²) in [5.41, 5.74) is 1.88. The van der Waals surface area contributed by atoms with Gasteiger partial charge in [-0.1, -0.05) is 0 Å². The Morgan fingerprint density at radius 1 is 0.963 bits per heavy atom. The largest absolute Gasteiger partial charge is 0.444 e. The smallest absolute Gasteiger partial charge is 0.410 e. The number of nitrogens with one attached hydrogen (secondary N) is 1. The van der Waals surface area contributed by atoms with Crippen molar-refractivity contribution in [3.63, 3.8) is 0 Å². The van der Waals surface area contributed by atoms with Crippen LogP contribution in [0.5, 0.6) is 0 Å². The fraction of sp³-hybridized carbons (Fsp3) is 0.650. The number of nitrogens with zero attached hydrogens (tertiary/aromatic N) is 2. The molecule has 2 fully saturated rings. The third kappa shape index (κ3) is 3.73. The Kier molecular flexibility index (Phi) is 4.82. The van der Waals surface area contributed by atoms with Crippen LogP contribution in [0.3, 0.4) is 0 Å². The number of pyridine rings is 1. The minimum Gasteiger partial charge on any atom is -0.444 e. The van der Waals surface area contributed by atoms with Gasteiger partial charge in [-0.2, -0.15) is 0 Å². The van der Waals surface area contributed by atoms with Crippen molar-refractivity contribution in [3.8, 4) is 0 Å². The van der Waals surface area contributed by atoms with Crippen molar-refractivity contribution in [3.05, 3.63) is 32.7 Å². The number of carbonyl (C=O) groups is 2. The van der Waals surface area contributed by atoms with Crippen LogP contribution in [0.25, 0.3) is 0 Å². The minimum atomic E-state index is -0.506. The number of hydrogen-bond acceptors (Lipinski definition) is 4. The van der Waals surface area contributed by atoms with Crippen LogP contribution in [-0.4, -0.2) is 58.6 Å². The van der Waals surface area contributed by atoms with E-state index in [0.29, 0.717) is 43.0 Å². The van der Waals surface area contributed by atoms with Gasteiger partial charge in [0.25, 0.3) is 11.5 Å². The van der Waals surface area contributed by atoms with Gasteiger partial charge in [0.2, 0.25) is 0 Å². The van der Waals surface area contributed by atoms with Crippen LogP contribution in [0.4, 0.5) is 4.79 Å². The molecule has 2 amide bonds. The highest BCUT2D eigenvalue weighted by atomic mass is 16.6. The first-order chi connectivity index (χ1) is 12.5. The highest BCUT2D eigenvalue weighted by Gasteiger charge is 2.44. The number of carbonyl (C=O) groups excluding carboxylic acids is 2. The second-order valence-electron chi connectivity index (χ2n) is 8.82.